The highest BCUT2D eigenvalue weighted by molar-refractivity contribution is 6.30. The topological polar surface area (TPSA) is 55.3 Å². The van der Waals surface area contributed by atoms with Gasteiger partial charge >= 0.3 is 6.01 Å². The minimum Gasteiger partial charge on any atom is -0.458 e. The molecule has 0 N–H and O–H groups in total. The Morgan fingerprint density at radius 2 is 1.68 bits per heavy atom. The molecule has 3 aromatic rings. The van der Waals surface area contributed by atoms with E-state index in [1.165, 1.54) is 12.4 Å². The van der Waals surface area contributed by atoms with Gasteiger partial charge in [-0.05, 0) is 36.1 Å². The predicted molar refractivity (Wildman–Crippen MR) is 108 cm³/mol. The first kappa shape index (κ1) is 18.4. The number of carbonyl (C=O) groups is 1. The average Bonchev–Trinajstić information content (AvgIpc) is 2.76. The fourth-order valence-electron chi connectivity index (χ4n) is 3.35. The molecule has 1 amide bonds. The molecule has 1 aliphatic rings. The van der Waals surface area contributed by atoms with Crippen molar-refractivity contribution in [1.82, 2.24) is 14.9 Å². The van der Waals surface area contributed by atoms with E-state index in [4.69, 9.17) is 16.3 Å². The van der Waals surface area contributed by atoms with Crippen LogP contribution in [0.15, 0.2) is 67.0 Å². The van der Waals surface area contributed by atoms with Crippen LogP contribution in [0.2, 0.25) is 5.02 Å². The predicted octanol–water partition coefficient (Wildman–Crippen LogP) is 4.48. The van der Waals surface area contributed by atoms with E-state index in [0.29, 0.717) is 17.1 Å². The maximum Gasteiger partial charge on any atom is 0.316 e. The van der Waals surface area contributed by atoms with Crippen LogP contribution in [0.3, 0.4) is 0 Å². The second kappa shape index (κ2) is 8.40. The summed E-state index contributed by atoms with van der Waals surface area (Å²) in [6, 6.07) is 18.2. The van der Waals surface area contributed by atoms with Crippen LogP contribution in [0.5, 0.6) is 6.01 Å². The zero-order valence-electron chi connectivity index (χ0n) is 15.3. The smallest absolute Gasteiger partial charge is 0.316 e. The van der Waals surface area contributed by atoms with Crippen LogP contribution in [0.25, 0.3) is 11.1 Å². The lowest BCUT2D eigenvalue weighted by Gasteiger charge is -2.32. The molecule has 0 aliphatic carbocycles. The molecule has 4 rings (SSSR count). The summed E-state index contributed by atoms with van der Waals surface area (Å²) in [5.74, 6) is 0.0185. The number of carbonyl (C=O) groups excluding carboxylic acids is 1. The van der Waals surface area contributed by atoms with Crippen LogP contribution in [0.4, 0.5) is 0 Å². The van der Waals surface area contributed by atoms with Gasteiger partial charge in [-0.3, -0.25) is 4.79 Å². The van der Waals surface area contributed by atoms with Gasteiger partial charge in [-0.15, -0.1) is 0 Å². The van der Waals surface area contributed by atoms with Crippen molar-refractivity contribution in [3.8, 4) is 17.1 Å². The number of ether oxygens (including phenoxy) is 1. The Morgan fingerprint density at radius 3 is 2.39 bits per heavy atom. The highest BCUT2D eigenvalue weighted by atomic mass is 35.5. The number of halogens is 1. The quantitative estimate of drug-likeness (QED) is 0.655. The largest absolute Gasteiger partial charge is 0.458 e. The zero-order chi connectivity index (χ0) is 19.3. The SMILES string of the molecule is O=C(c1ccc(-c2ccccc2)cc1)N1CCCC(Oc2ncc(Cl)cn2)C1. The summed E-state index contributed by atoms with van der Waals surface area (Å²) in [4.78, 5) is 22.9. The van der Waals surface area contributed by atoms with Gasteiger partial charge in [0.25, 0.3) is 5.91 Å². The lowest BCUT2D eigenvalue weighted by atomic mass is 10.0. The molecule has 2 aromatic carbocycles. The number of likely N-dealkylation sites (tertiary alicyclic amines) is 1. The van der Waals surface area contributed by atoms with Crippen molar-refractivity contribution in [2.45, 2.75) is 18.9 Å². The molecule has 1 atom stereocenters. The number of piperidine rings is 1. The molecule has 6 heteroatoms. The summed E-state index contributed by atoms with van der Waals surface area (Å²) in [6.07, 6.45) is 4.63. The highest BCUT2D eigenvalue weighted by Gasteiger charge is 2.26. The highest BCUT2D eigenvalue weighted by Crippen LogP contribution is 2.22. The van der Waals surface area contributed by atoms with Gasteiger partial charge in [-0.25, -0.2) is 9.97 Å². The van der Waals surface area contributed by atoms with Crippen molar-refractivity contribution in [3.05, 3.63) is 77.6 Å². The van der Waals surface area contributed by atoms with E-state index in [0.717, 1.165) is 30.5 Å². The van der Waals surface area contributed by atoms with E-state index in [1.807, 2.05) is 47.4 Å². The van der Waals surface area contributed by atoms with Gasteiger partial charge in [-0.1, -0.05) is 54.1 Å². The van der Waals surface area contributed by atoms with Crippen molar-refractivity contribution >= 4 is 17.5 Å². The van der Waals surface area contributed by atoms with Gasteiger partial charge in [0.1, 0.15) is 6.10 Å². The molecule has 0 spiro atoms. The van der Waals surface area contributed by atoms with Crippen molar-refractivity contribution in [2.75, 3.05) is 13.1 Å². The second-order valence-corrected chi connectivity index (χ2v) is 7.20. The first-order valence-electron chi connectivity index (χ1n) is 9.28. The molecule has 1 saturated heterocycles. The van der Waals surface area contributed by atoms with Gasteiger partial charge < -0.3 is 9.64 Å². The van der Waals surface area contributed by atoms with Crippen LogP contribution in [0.1, 0.15) is 23.2 Å². The third-order valence-electron chi connectivity index (χ3n) is 4.77. The fraction of sp³-hybridized carbons (Fsp3) is 0.227. The molecule has 28 heavy (non-hydrogen) atoms. The fourth-order valence-corrected chi connectivity index (χ4v) is 3.45. The Hall–Kier alpha value is -2.92. The van der Waals surface area contributed by atoms with Gasteiger partial charge in [0.15, 0.2) is 0 Å². The van der Waals surface area contributed by atoms with Crippen molar-refractivity contribution in [3.63, 3.8) is 0 Å². The Labute approximate surface area is 169 Å². The molecule has 0 saturated carbocycles. The van der Waals surface area contributed by atoms with Crippen LogP contribution < -0.4 is 4.74 Å². The Kier molecular flexibility index (Phi) is 5.53. The van der Waals surface area contributed by atoms with Crippen molar-refractivity contribution in [1.29, 1.82) is 0 Å². The van der Waals surface area contributed by atoms with Crippen molar-refractivity contribution in [2.24, 2.45) is 0 Å². The number of hydrogen-bond acceptors (Lipinski definition) is 4. The molecule has 0 radical (unpaired) electrons. The van der Waals surface area contributed by atoms with E-state index < -0.39 is 0 Å². The van der Waals surface area contributed by atoms with Gasteiger partial charge in [0.05, 0.1) is 24.0 Å². The Morgan fingerprint density at radius 1 is 1.00 bits per heavy atom. The summed E-state index contributed by atoms with van der Waals surface area (Å²) in [5.41, 5.74) is 2.91. The number of aromatic nitrogens is 2. The van der Waals surface area contributed by atoms with E-state index in [9.17, 15) is 4.79 Å². The van der Waals surface area contributed by atoms with Gasteiger partial charge in [-0.2, -0.15) is 0 Å². The number of benzene rings is 2. The molecular formula is C22H20ClN3O2. The summed E-state index contributed by atoms with van der Waals surface area (Å²) in [7, 11) is 0. The van der Waals surface area contributed by atoms with E-state index >= 15 is 0 Å². The minimum absolute atomic E-state index is 0.0185. The molecule has 1 fully saturated rings. The van der Waals surface area contributed by atoms with Crippen LogP contribution in [-0.2, 0) is 0 Å². The molecule has 0 bridgehead atoms. The van der Waals surface area contributed by atoms with Gasteiger partial charge in [0, 0.05) is 12.1 Å². The normalized spacial score (nSPS) is 16.6. The summed E-state index contributed by atoms with van der Waals surface area (Å²) >= 11 is 5.80. The van der Waals surface area contributed by atoms with E-state index in [1.54, 1.807) is 0 Å². The van der Waals surface area contributed by atoms with Crippen LogP contribution in [-0.4, -0.2) is 40.0 Å². The zero-order valence-corrected chi connectivity index (χ0v) is 16.0. The second-order valence-electron chi connectivity index (χ2n) is 6.76. The Balaban J connectivity index is 1.41. The third-order valence-corrected chi connectivity index (χ3v) is 4.97. The van der Waals surface area contributed by atoms with Crippen LogP contribution >= 0.6 is 11.6 Å². The van der Waals surface area contributed by atoms with E-state index in [2.05, 4.69) is 22.1 Å². The number of amides is 1. The first-order chi connectivity index (χ1) is 13.7. The lowest BCUT2D eigenvalue weighted by Crippen LogP contribution is -2.44. The van der Waals surface area contributed by atoms with Crippen molar-refractivity contribution < 1.29 is 9.53 Å². The molecule has 1 unspecified atom stereocenters. The van der Waals surface area contributed by atoms with E-state index in [-0.39, 0.29) is 18.0 Å². The average molecular weight is 394 g/mol. The molecular weight excluding hydrogens is 374 g/mol. The summed E-state index contributed by atoms with van der Waals surface area (Å²) < 4.78 is 5.83. The first-order valence-corrected chi connectivity index (χ1v) is 9.66. The monoisotopic (exact) mass is 393 g/mol. The maximum absolute atomic E-state index is 12.9. The third kappa shape index (κ3) is 4.31. The maximum atomic E-state index is 12.9. The summed E-state index contributed by atoms with van der Waals surface area (Å²) in [6.45, 7) is 1.24. The van der Waals surface area contributed by atoms with Crippen LogP contribution in [0, 0.1) is 0 Å². The van der Waals surface area contributed by atoms with Gasteiger partial charge in [0.2, 0.25) is 0 Å². The Bertz CT molecular complexity index is 930. The molecule has 142 valence electrons. The molecule has 2 heterocycles. The number of nitrogens with zero attached hydrogens (tertiary/aromatic N) is 3. The summed E-state index contributed by atoms with van der Waals surface area (Å²) in [5, 5.41) is 0.465. The molecule has 5 nitrogen and oxygen atoms in total. The number of rotatable bonds is 4. The number of hydrogen-bond donors (Lipinski definition) is 0. The minimum atomic E-state index is -0.123. The molecule has 1 aromatic heterocycles. The molecule has 1 aliphatic heterocycles. The standard InChI is InChI=1S/C22H20ClN3O2/c23-19-13-24-22(25-14-19)28-20-7-4-12-26(15-20)21(27)18-10-8-17(9-11-18)16-5-2-1-3-6-16/h1-3,5-6,8-11,13-14,20H,4,7,12,15H2. The lowest BCUT2D eigenvalue weighted by molar-refractivity contribution is 0.0516.